The van der Waals surface area contributed by atoms with Gasteiger partial charge in [0.25, 0.3) is 5.56 Å². The summed E-state index contributed by atoms with van der Waals surface area (Å²) in [7, 11) is 1.67. The van der Waals surface area contributed by atoms with Gasteiger partial charge in [-0.3, -0.25) is 24.3 Å². The molecular weight excluding hydrogens is 518 g/mol. The third-order valence-electron chi connectivity index (χ3n) is 7.57. The number of amides is 2. The lowest BCUT2D eigenvalue weighted by atomic mass is 9.91. The zero-order valence-electron chi connectivity index (χ0n) is 23.7. The van der Waals surface area contributed by atoms with Gasteiger partial charge in [-0.1, -0.05) is 18.2 Å². The highest BCUT2D eigenvalue weighted by Gasteiger charge is 2.41. The zero-order chi connectivity index (χ0) is 29.0. The van der Waals surface area contributed by atoms with Gasteiger partial charge in [-0.2, -0.15) is 0 Å². The van der Waals surface area contributed by atoms with Crippen LogP contribution in [0.2, 0.25) is 0 Å². The molecule has 212 valence electrons. The van der Waals surface area contributed by atoms with E-state index in [1.54, 1.807) is 56.1 Å². The minimum absolute atomic E-state index is 0.0153. The predicted octanol–water partition coefficient (Wildman–Crippen LogP) is 4.31. The third-order valence-corrected chi connectivity index (χ3v) is 7.57. The maximum Gasteiger partial charge on any atom is 0.258 e. The van der Waals surface area contributed by atoms with Crippen molar-refractivity contribution in [3.8, 4) is 5.75 Å². The topological polar surface area (TPSA) is 96.8 Å². The van der Waals surface area contributed by atoms with Crippen LogP contribution in [0.1, 0.15) is 25.8 Å². The predicted molar refractivity (Wildman–Crippen MR) is 160 cm³/mol. The zero-order valence-corrected chi connectivity index (χ0v) is 23.7. The number of carbonyl (C=O) groups is 2. The van der Waals surface area contributed by atoms with E-state index in [0.717, 1.165) is 35.8 Å². The molecule has 0 fully saturated rings. The Morgan fingerprint density at radius 1 is 0.976 bits per heavy atom. The number of benzene rings is 2. The second-order valence-electron chi connectivity index (χ2n) is 10.9. The van der Waals surface area contributed by atoms with Crippen molar-refractivity contribution in [2.45, 2.75) is 33.4 Å². The van der Waals surface area contributed by atoms with Crippen molar-refractivity contribution in [2.24, 2.45) is 5.41 Å². The average molecular weight is 554 g/mol. The molecule has 5 rings (SSSR count). The summed E-state index contributed by atoms with van der Waals surface area (Å²) in [6.07, 6.45) is 6.19. The Hall–Kier alpha value is -4.50. The molecule has 0 spiro atoms. The van der Waals surface area contributed by atoms with Crippen LogP contribution in [-0.4, -0.2) is 53.0 Å². The van der Waals surface area contributed by atoms with Crippen LogP contribution in [-0.2, 0) is 22.7 Å². The van der Waals surface area contributed by atoms with Gasteiger partial charge in [0.1, 0.15) is 11.2 Å². The van der Waals surface area contributed by atoms with E-state index in [9.17, 15) is 14.4 Å². The first-order valence-corrected chi connectivity index (χ1v) is 13.8. The van der Waals surface area contributed by atoms with E-state index in [-0.39, 0.29) is 17.4 Å². The van der Waals surface area contributed by atoms with Crippen LogP contribution < -0.4 is 20.5 Å². The summed E-state index contributed by atoms with van der Waals surface area (Å²) >= 11 is 0. The number of carbonyl (C=O) groups excluding carboxylic acids is 2. The number of hydrogen-bond donors (Lipinski definition) is 1. The van der Waals surface area contributed by atoms with Crippen molar-refractivity contribution in [2.75, 3.05) is 37.0 Å². The molecule has 0 saturated heterocycles. The summed E-state index contributed by atoms with van der Waals surface area (Å²) in [6, 6.07) is 19.0. The average Bonchev–Trinajstić information content (AvgIpc) is 3.04. The molecule has 2 aromatic carbocycles. The molecular formula is C32H35N5O4. The van der Waals surface area contributed by atoms with Gasteiger partial charge in [-0.05, 0) is 67.6 Å². The van der Waals surface area contributed by atoms with E-state index in [0.29, 0.717) is 36.8 Å². The molecule has 3 heterocycles. The van der Waals surface area contributed by atoms with Crippen LogP contribution in [0, 0.1) is 5.41 Å². The van der Waals surface area contributed by atoms with E-state index >= 15 is 0 Å². The van der Waals surface area contributed by atoms with Crippen LogP contribution in [0.15, 0.2) is 84.0 Å². The Morgan fingerprint density at radius 3 is 2.56 bits per heavy atom. The molecule has 1 N–H and O–H groups in total. The molecule has 1 aliphatic heterocycles. The van der Waals surface area contributed by atoms with Crippen molar-refractivity contribution >= 4 is 34.0 Å². The lowest BCUT2D eigenvalue weighted by molar-refractivity contribution is -0.136. The molecule has 0 bridgehead atoms. The summed E-state index contributed by atoms with van der Waals surface area (Å²) in [5.41, 5.74) is 1.19. The highest BCUT2D eigenvalue weighted by Crippen LogP contribution is 2.36. The highest BCUT2D eigenvalue weighted by atomic mass is 16.5. The number of anilines is 2. The highest BCUT2D eigenvalue weighted by molar-refractivity contribution is 6.19. The fourth-order valence-corrected chi connectivity index (χ4v) is 5.04. The van der Waals surface area contributed by atoms with Gasteiger partial charge < -0.3 is 19.5 Å². The number of pyridine rings is 2. The Bertz CT molecular complexity index is 1620. The molecule has 1 aliphatic rings. The Labute approximate surface area is 239 Å². The Kier molecular flexibility index (Phi) is 8.16. The molecule has 0 unspecified atom stereocenters. The minimum atomic E-state index is -1.16. The van der Waals surface area contributed by atoms with Gasteiger partial charge in [-0.15, -0.1) is 0 Å². The summed E-state index contributed by atoms with van der Waals surface area (Å²) in [4.78, 5) is 46.4. The molecule has 4 aromatic rings. The third kappa shape index (κ3) is 6.15. The summed E-state index contributed by atoms with van der Waals surface area (Å²) < 4.78 is 7.83. The Balaban J connectivity index is 1.23. The molecule has 2 amide bonds. The van der Waals surface area contributed by atoms with Gasteiger partial charge in [0.15, 0.2) is 0 Å². The normalized spacial score (nSPS) is 14.6. The summed E-state index contributed by atoms with van der Waals surface area (Å²) in [5, 5.41) is 4.52. The first-order valence-electron chi connectivity index (χ1n) is 13.8. The van der Waals surface area contributed by atoms with Crippen molar-refractivity contribution in [3.63, 3.8) is 0 Å². The number of nitrogens with one attached hydrogen (secondary N) is 1. The smallest absolute Gasteiger partial charge is 0.258 e. The second-order valence-corrected chi connectivity index (χ2v) is 10.9. The molecule has 0 radical (unpaired) electrons. The number of aromatic nitrogens is 2. The van der Waals surface area contributed by atoms with Crippen molar-refractivity contribution in [3.05, 3.63) is 95.2 Å². The van der Waals surface area contributed by atoms with E-state index in [4.69, 9.17) is 4.74 Å². The quantitative estimate of drug-likeness (QED) is 0.232. The number of hydrogen-bond acceptors (Lipinski definition) is 6. The SMILES string of the molecule is CN1C(=O)C(C)(C)C(=O)Nc2ccc(OCCCN(CCn3ccc4ccccc4c3=O)Cc3ccncc3)cc21. The lowest BCUT2D eigenvalue weighted by Gasteiger charge is -2.24. The molecule has 9 heteroatoms. The molecule has 9 nitrogen and oxygen atoms in total. The molecule has 41 heavy (non-hydrogen) atoms. The minimum Gasteiger partial charge on any atom is -0.493 e. The Morgan fingerprint density at radius 2 is 1.76 bits per heavy atom. The summed E-state index contributed by atoms with van der Waals surface area (Å²) in [6.45, 7) is 6.48. The number of rotatable bonds is 10. The number of nitrogens with zero attached hydrogens (tertiary/aromatic N) is 4. The number of ether oxygens (including phenoxy) is 1. The van der Waals surface area contributed by atoms with Gasteiger partial charge in [0, 0.05) is 63.3 Å². The van der Waals surface area contributed by atoms with Gasteiger partial charge in [0.05, 0.1) is 18.0 Å². The van der Waals surface area contributed by atoms with Crippen LogP contribution in [0.4, 0.5) is 11.4 Å². The lowest BCUT2D eigenvalue weighted by Crippen LogP contribution is -2.43. The fraction of sp³-hybridized carbons (Fsp3) is 0.312. The van der Waals surface area contributed by atoms with Crippen LogP contribution in [0.5, 0.6) is 5.75 Å². The molecule has 2 aromatic heterocycles. The van der Waals surface area contributed by atoms with Crippen molar-refractivity contribution in [1.82, 2.24) is 14.5 Å². The van der Waals surface area contributed by atoms with Gasteiger partial charge in [-0.25, -0.2) is 0 Å². The standard InChI is InChI=1S/C32H35N5O4/c1-32(2)30(39)34-27-10-9-25(21-28(27)35(3)31(32)40)41-20-6-16-36(22-23-11-14-33-15-12-23)18-19-37-17-13-24-7-4-5-8-26(24)29(37)38/h4-5,7-15,17,21H,6,16,18-20,22H2,1-3H3,(H,34,39). The van der Waals surface area contributed by atoms with Crippen LogP contribution in [0.3, 0.4) is 0 Å². The van der Waals surface area contributed by atoms with E-state index in [1.807, 2.05) is 48.7 Å². The molecule has 0 aliphatic carbocycles. The number of fused-ring (bicyclic) bond motifs is 2. The molecule has 0 saturated carbocycles. The van der Waals surface area contributed by atoms with Crippen LogP contribution in [0.25, 0.3) is 10.8 Å². The monoisotopic (exact) mass is 553 g/mol. The second kappa shape index (κ2) is 11.9. The van der Waals surface area contributed by atoms with Crippen LogP contribution >= 0.6 is 0 Å². The fourth-order valence-electron chi connectivity index (χ4n) is 5.04. The maximum atomic E-state index is 13.0. The molecule has 0 atom stereocenters. The van der Waals surface area contributed by atoms with Crippen molar-refractivity contribution in [1.29, 1.82) is 0 Å². The van der Waals surface area contributed by atoms with E-state index in [2.05, 4.69) is 15.2 Å². The summed E-state index contributed by atoms with van der Waals surface area (Å²) in [5.74, 6) is 0.0194. The van der Waals surface area contributed by atoms with Gasteiger partial charge >= 0.3 is 0 Å². The largest absolute Gasteiger partial charge is 0.493 e. The maximum absolute atomic E-state index is 13.0. The first-order chi connectivity index (χ1) is 19.7. The van der Waals surface area contributed by atoms with E-state index < -0.39 is 5.41 Å². The van der Waals surface area contributed by atoms with Crippen molar-refractivity contribution < 1.29 is 14.3 Å². The van der Waals surface area contributed by atoms with E-state index in [1.165, 1.54) is 4.90 Å². The first kappa shape index (κ1) is 28.0. The van der Waals surface area contributed by atoms with Gasteiger partial charge in [0.2, 0.25) is 11.8 Å².